The van der Waals surface area contributed by atoms with Gasteiger partial charge in [-0.3, -0.25) is 29.2 Å². The number of fused-ring (bicyclic) bond motifs is 7. The van der Waals surface area contributed by atoms with E-state index in [1.165, 1.54) is 36.5 Å². The fraction of sp³-hybridized carbons (Fsp3) is 0.490. The number of aromatic nitrogens is 6. The molecule has 3 aromatic heterocycles. The Morgan fingerprint density at radius 2 is 1.05 bits per heavy atom. The summed E-state index contributed by atoms with van der Waals surface area (Å²) in [6.45, 7) is 16.8. The zero-order valence-corrected chi connectivity index (χ0v) is 80.8. The maximum Gasteiger partial charge on any atom is 0.318 e. The van der Waals surface area contributed by atoms with Crippen LogP contribution in [-0.4, -0.2) is 275 Å². The number of hydrogen-bond donors (Lipinski definition) is 1. The quantitative estimate of drug-likeness (QED) is 0.0337. The summed E-state index contributed by atoms with van der Waals surface area (Å²) in [5.41, 5.74) is 10.2. The first-order chi connectivity index (χ1) is 67.2. The van der Waals surface area contributed by atoms with E-state index in [1.807, 2.05) is 41.3 Å². The molecule has 0 spiro atoms. The van der Waals surface area contributed by atoms with E-state index in [-0.39, 0.29) is 111 Å². The highest BCUT2D eigenvalue weighted by atomic mass is 35.5. The lowest BCUT2D eigenvalue weighted by atomic mass is 9.83. The van der Waals surface area contributed by atoms with E-state index in [0.717, 1.165) is 145 Å². The van der Waals surface area contributed by atoms with Gasteiger partial charge in [-0.15, -0.1) is 0 Å². The van der Waals surface area contributed by atoms with Crippen molar-refractivity contribution in [1.82, 2.24) is 59.3 Å². The second-order valence-electron chi connectivity index (χ2n) is 38.4. The topological polar surface area (TPSA) is 279 Å². The Morgan fingerprint density at radius 1 is 0.529 bits per heavy atom. The van der Waals surface area contributed by atoms with Gasteiger partial charge in [-0.05, 0) is 174 Å². The number of hydrogen-bond acceptors (Lipinski definition) is 26. The number of likely N-dealkylation sites (tertiary alicyclic amines) is 1. The average molecular weight is 1940 g/mol. The molecule has 7 saturated heterocycles. The molecular weight excluding hydrogens is 1820 g/mol. The van der Waals surface area contributed by atoms with Crippen molar-refractivity contribution >= 4 is 113 Å². The Morgan fingerprint density at radius 3 is 1.63 bits per heavy atom. The number of halogens is 6. The first-order valence-electron chi connectivity index (χ1n) is 48.6. The van der Waals surface area contributed by atoms with Crippen LogP contribution in [0.5, 0.6) is 18.0 Å². The van der Waals surface area contributed by atoms with E-state index in [1.54, 1.807) is 9.80 Å². The molecule has 9 atom stereocenters. The highest BCUT2D eigenvalue weighted by molar-refractivity contribution is 6.38. The molecule has 2 amide bonds. The van der Waals surface area contributed by atoms with Crippen LogP contribution in [-0.2, 0) is 53.2 Å². The van der Waals surface area contributed by atoms with Gasteiger partial charge < -0.3 is 63.3 Å². The number of alkyl halides is 3. The number of aliphatic hydroxyl groups excluding tert-OH is 1. The molecule has 0 radical (unpaired) electrons. The fourth-order valence-electron chi connectivity index (χ4n) is 23.3. The summed E-state index contributed by atoms with van der Waals surface area (Å²) in [5.74, 6) is 1.45. The molecule has 13 heterocycles. The first-order valence-corrected chi connectivity index (χ1v) is 49.8. The molecule has 6 aromatic carbocycles. The molecule has 10 aliphatic heterocycles. The van der Waals surface area contributed by atoms with Crippen LogP contribution in [0, 0.1) is 34.0 Å². The number of amides is 2. The van der Waals surface area contributed by atoms with Gasteiger partial charge in [0.05, 0.1) is 113 Å². The second kappa shape index (κ2) is 41.9. The third-order valence-corrected chi connectivity index (χ3v) is 30.9. The minimum absolute atomic E-state index is 0.0119. The summed E-state index contributed by atoms with van der Waals surface area (Å²) in [7, 11) is 0. The van der Waals surface area contributed by atoms with Gasteiger partial charge in [-0.25, -0.2) is 13.2 Å². The molecule has 722 valence electrons. The van der Waals surface area contributed by atoms with Crippen LogP contribution in [0.1, 0.15) is 136 Å². The lowest BCUT2D eigenvalue weighted by Gasteiger charge is -2.51. The molecule has 0 aliphatic carbocycles. The highest BCUT2D eigenvalue weighted by Crippen LogP contribution is 2.53. The number of morpholine rings is 1. The van der Waals surface area contributed by atoms with Crippen molar-refractivity contribution in [2.24, 2.45) is 0 Å². The molecule has 6 unspecified atom stereocenters. The number of nitriles is 3. The van der Waals surface area contributed by atoms with Gasteiger partial charge in [0.1, 0.15) is 69.6 Å². The second-order valence-corrected chi connectivity index (χ2v) is 39.6. The smallest absolute Gasteiger partial charge is 0.318 e. The first kappa shape index (κ1) is 95.5. The molecule has 9 aromatic rings. The van der Waals surface area contributed by atoms with E-state index in [9.17, 15) is 43.7 Å². The SMILES string of the molecule is CC(C)N1CCOC(COc2nc3c(c(N4CCN(C(=O)/C=C/CF)[C@@H](CC#N)C4)n2)CCN(c2ccc(C4CC(COc5nc6c(c(N7CCN(C(=O)/C=C/CF)[C@@H](CC#N)C7)n5)CCN(c5cc(C7CCC8(COc9nc%10c(c(N%11CCN(C(O)/C=C/CF)[C@@H](CC#N)C%11)n9)CCN(c9cccc%11cccc(Cl)c9%11)C%10)CCCN78)cc7cccc(Cl)c57)C6)N4C(C)C)c4cccc(Cl)c24)C3)C1. The number of piperazine rings is 3. The Bertz CT molecular complexity index is 6270. The minimum atomic E-state index is -1.06. The largest absolute Gasteiger partial charge is 0.462 e. The number of anilines is 6. The molecule has 7 fully saturated rings. The van der Waals surface area contributed by atoms with Crippen molar-refractivity contribution in [2.45, 2.75) is 184 Å². The zero-order chi connectivity index (χ0) is 95.6. The Kier molecular flexibility index (Phi) is 29.0. The maximum atomic E-state index is 13.7. The third-order valence-electron chi connectivity index (χ3n) is 29.9. The molecular formula is C104H117Cl3F3N21O7. The van der Waals surface area contributed by atoms with Crippen molar-refractivity contribution in [3.63, 3.8) is 0 Å². The molecule has 0 saturated carbocycles. The van der Waals surface area contributed by atoms with Crippen molar-refractivity contribution in [2.75, 3.05) is 174 Å². The summed E-state index contributed by atoms with van der Waals surface area (Å²) < 4.78 is 67.2. The lowest BCUT2D eigenvalue weighted by molar-refractivity contribution is -0.129. The molecule has 138 heavy (non-hydrogen) atoms. The number of nitrogens with zero attached hydrogens (tertiary/aromatic N) is 21. The highest BCUT2D eigenvalue weighted by Gasteiger charge is 2.52. The van der Waals surface area contributed by atoms with Crippen LogP contribution >= 0.6 is 34.8 Å². The van der Waals surface area contributed by atoms with Gasteiger partial charge in [-0.1, -0.05) is 95.5 Å². The number of carbonyl (C=O) groups excluding carboxylic acids is 2. The van der Waals surface area contributed by atoms with Gasteiger partial charge in [0.25, 0.3) is 0 Å². The van der Waals surface area contributed by atoms with E-state index in [0.29, 0.717) is 163 Å². The summed E-state index contributed by atoms with van der Waals surface area (Å²) >= 11 is 21.9. The zero-order valence-electron chi connectivity index (χ0n) is 78.5. The number of allylic oxidation sites excluding steroid dienone is 3. The Hall–Kier alpha value is -11.4. The van der Waals surface area contributed by atoms with Crippen LogP contribution in [0.3, 0.4) is 0 Å². The minimum Gasteiger partial charge on any atom is -0.462 e. The molecule has 1 N–H and O–H groups in total. The molecule has 10 aliphatic rings. The van der Waals surface area contributed by atoms with Gasteiger partial charge in [-0.2, -0.15) is 45.7 Å². The summed E-state index contributed by atoms with van der Waals surface area (Å²) in [4.78, 5) is 85.1. The number of benzene rings is 6. The summed E-state index contributed by atoms with van der Waals surface area (Å²) in [5, 5.41) is 49.6. The number of rotatable bonds is 29. The van der Waals surface area contributed by atoms with Crippen molar-refractivity contribution in [3.8, 4) is 36.2 Å². The summed E-state index contributed by atoms with van der Waals surface area (Å²) in [6, 6.07) is 40.1. The number of aliphatic hydroxyl groups is 1. The van der Waals surface area contributed by atoms with Crippen molar-refractivity contribution in [1.29, 1.82) is 15.8 Å². The Labute approximate surface area is 818 Å². The Balaban J connectivity index is 0.593. The lowest BCUT2D eigenvalue weighted by Crippen LogP contribution is -2.56. The van der Waals surface area contributed by atoms with E-state index < -0.39 is 38.3 Å². The van der Waals surface area contributed by atoms with E-state index in [4.69, 9.17) is 83.7 Å². The van der Waals surface area contributed by atoms with Crippen molar-refractivity contribution < 1.29 is 46.8 Å². The number of ether oxygens (including phenoxy) is 4. The van der Waals surface area contributed by atoms with Crippen molar-refractivity contribution in [3.05, 3.63) is 193 Å². The summed E-state index contributed by atoms with van der Waals surface area (Å²) in [6.07, 6.45) is 12.8. The molecule has 34 heteroatoms. The van der Waals surface area contributed by atoms with Crippen LogP contribution in [0.25, 0.3) is 32.3 Å². The predicted molar refractivity (Wildman–Crippen MR) is 529 cm³/mol. The predicted octanol–water partition coefficient (Wildman–Crippen LogP) is 15.2. The monoisotopic (exact) mass is 1930 g/mol. The molecule has 0 bridgehead atoms. The average Bonchev–Trinajstić information content (AvgIpc) is 1.56. The van der Waals surface area contributed by atoms with E-state index >= 15 is 0 Å². The molecule has 19 rings (SSSR count). The van der Waals surface area contributed by atoms with Crippen LogP contribution in [0.15, 0.2) is 134 Å². The van der Waals surface area contributed by atoms with Gasteiger partial charge in [0.2, 0.25) is 11.8 Å². The normalized spacial score (nSPS) is 23.1. The van der Waals surface area contributed by atoms with Crippen LogP contribution < -0.4 is 43.6 Å². The van der Waals surface area contributed by atoms with Gasteiger partial charge in [0, 0.05) is 190 Å². The van der Waals surface area contributed by atoms with Gasteiger partial charge in [0.15, 0.2) is 0 Å². The van der Waals surface area contributed by atoms with Crippen LogP contribution in [0.4, 0.5) is 47.7 Å². The third kappa shape index (κ3) is 19.4. The van der Waals surface area contributed by atoms with Crippen LogP contribution in [0.2, 0.25) is 15.1 Å². The molecule has 28 nitrogen and oxygen atoms in total. The number of carbonyl (C=O) groups is 2. The maximum absolute atomic E-state index is 13.7. The van der Waals surface area contributed by atoms with E-state index in [2.05, 4.69) is 151 Å². The fourth-order valence-corrected chi connectivity index (χ4v) is 24.1. The standard InChI is InChI=1S/C104H117Cl3F3N21O7/c1-66(2)120-51-52-135-75(59-120)64-137-102-115-84-61-122(43-31-78(84)99(118-102)125-46-49-128(72(57-125)28-39-112)93(133)22-10-36-109)89-25-24-76(77-16-8-19-83(107)97(77)89)90-55-74(131(90)67(3)4)63-136-101-114-86-62-123(44-32-80(86)98(117-101)124-45-48-127(71(56-124)27-38-111)92(132)21-9-35-108)91-54-70(53-69-15-6-18-82(106)96(69)91)87-26-34-104(33-12-41-130(87)104)65-138-103-116-85-60-121(88-20-7-14-68-13-5-17-81(105)95(68)88)42-30-79(85)100(119-103)126-47-50-129(73(58-126)29-40-113)94(134)23-11-37-110/h5-11,13-25,53-54,66-67,71-75,87,90,94,134H,12,26-37,41-52,55-65H2,1-4H3/b21-9+,22-10+,23-11+/t71-,72-,73-,74?,75?,87?,90?,94?,104?/m0/s1. The van der Waals surface area contributed by atoms with Gasteiger partial charge >= 0.3 is 18.0 Å².